The lowest BCUT2D eigenvalue weighted by atomic mass is 10.0. The molecule has 180 valence electrons. The number of imide groups is 1. The van der Waals surface area contributed by atoms with Crippen LogP contribution in [0.15, 0.2) is 72.8 Å². The lowest BCUT2D eigenvalue weighted by Crippen LogP contribution is -2.33. The Hall–Kier alpha value is -4.02. The van der Waals surface area contributed by atoms with Crippen LogP contribution in [-0.4, -0.2) is 61.7 Å². The zero-order valence-corrected chi connectivity index (χ0v) is 19.3. The summed E-state index contributed by atoms with van der Waals surface area (Å²) in [5.74, 6) is -2.53. The fraction of sp³-hybridized carbons (Fsp3) is 0.160. The lowest BCUT2D eigenvalue weighted by Gasteiger charge is -2.15. The maximum Gasteiger partial charge on any atom is 0.337 e. The average Bonchev–Trinajstić information content (AvgIpc) is 3.09. The Balaban J connectivity index is 1.34. The minimum Gasteiger partial charge on any atom is -0.478 e. The fourth-order valence-electron chi connectivity index (χ4n) is 3.71. The molecule has 3 aromatic rings. The highest BCUT2D eigenvalue weighted by Crippen LogP contribution is 2.27. The summed E-state index contributed by atoms with van der Waals surface area (Å²) in [6.45, 7) is -0.258. The van der Waals surface area contributed by atoms with Crippen molar-refractivity contribution in [2.75, 3.05) is 30.2 Å². The van der Waals surface area contributed by atoms with Gasteiger partial charge in [0.1, 0.15) is 0 Å². The van der Waals surface area contributed by atoms with E-state index in [1.165, 1.54) is 12.1 Å². The molecule has 0 unspecified atom stereocenters. The Morgan fingerprint density at radius 3 is 2.11 bits per heavy atom. The van der Waals surface area contributed by atoms with Gasteiger partial charge in [0.25, 0.3) is 11.8 Å². The normalized spacial score (nSPS) is 13.1. The zero-order chi connectivity index (χ0) is 25.0. The Morgan fingerprint density at radius 1 is 0.857 bits per heavy atom. The number of hydrogen-bond acceptors (Lipinski definition) is 6. The third-order valence-electron chi connectivity index (χ3n) is 5.46. The number of carboxylic acid groups (broad SMARTS) is 1. The first-order valence-electron chi connectivity index (χ1n) is 10.7. The summed E-state index contributed by atoms with van der Waals surface area (Å²) in [6.07, 6.45) is 0. The van der Waals surface area contributed by atoms with Crippen LogP contribution in [0.25, 0.3) is 11.1 Å². The number of benzene rings is 3. The number of nitrogens with zero attached hydrogens (tertiary/aromatic N) is 1. The van der Waals surface area contributed by atoms with E-state index in [4.69, 9.17) is 4.74 Å². The monoisotopic (exact) mass is 494 g/mol. The van der Waals surface area contributed by atoms with Crippen molar-refractivity contribution in [3.05, 3.63) is 89.5 Å². The molecule has 10 heteroatoms. The number of aromatic carboxylic acids is 1. The van der Waals surface area contributed by atoms with Crippen molar-refractivity contribution in [2.24, 2.45) is 0 Å². The third-order valence-corrected chi connectivity index (χ3v) is 6.69. The molecule has 35 heavy (non-hydrogen) atoms. The van der Waals surface area contributed by atoms with Crippen molar-refractivity contribution in [1.29, 1.82) is 0 Å². The van der Waals surface area contributed by atoms with E-state index in [1.807, 2.05) is 30.3 Å². The summed E-state index contributed by atoms with van der Waals surface area (Å²) < 4.78 is 32.9. The molecule has 0 atom stereocenters. The van der Waals surface area contributed by atoms with Crippen molar-refractivity contribution >= 4 is 33.5 Å². The molecule has 2 N–H and O–H groups in total. The number of nitrogens with one attached hydrogen (secondary N) is 1. The van der Waals surface area contributed by atoms with Crippen molar-refractivity contribution in [1.82, 2.24) is 4.90 Å². The number of carbonyl (C=O) groups excluding carboxylic acids is 2. The molecule has 0 aromatic heterocycles. The predicted octanol–water partition coefficient (Wildman–Crippen LogP) is 3.11. The molecule has 1 aliphatic rings. The van der Waals surface area contributed by atoms with Crippen LogP contribution in [0.4, 0.5) is 5.69 Å². The molecule has 2 amide bonds. The van der Waals surface area contributed by atoms with Gasteiger partial charge in [0, 0.05) is 0 Å². The summed E-state index contributed by atoms with van der Waals surface area (Å²) in [7, 11) is -3.94. The molecule has 0 radical (unpaired) electrons. The van der Waals surface area contributed by atoms with E-state index < -0.39 is 33.6 Å². The first-order chi connectivity index (χ1) is 16.8. The first kappa shape index (κ1) is 24.1. The molecular formula is C25H22N2O7S. The standard InChI is InChI=1S/C25H22N2O7S/c28-23-19-8-4-5-9-20(19)24(29)27(23)12-13-34-14-15-35(32,33)26-22-16-18(10-11-21(22)25(30)31)17-6-2-1-3-7-17/h1-11,16,26H,12-15H2,(H,30,31). The van der Waals surface area contributed by atoms with Gasteiger partial charge in [-0.25, -0.2) is 13.2 Å². The Morgan fingerprint density at radius 2 is 1.49 bits per heavy atom. The molecule has 0 spiro atoms. The van der Waals surface area contributed by atoms with E-state index in [9.17, 15) is 27.9 Å². The highest BCUT2D eigenvalue weighted by atomic mass is 32.2. The number of ether oxygens (including phenoxy) is 1. The van der Waals surface area contributed by atoms with Gasteiger partial charge in [-0.3, -0.25) is 19.2 Å². The number of fused-ring (bicyclic) bond motifs is 1. The van der Waals surface area contributed by atoms with Crippen LogP contribution < -0.4 is 4.72 Å². The molecule has 0 saturated heterocycles. The molecular weight excluding hydrogens is 472 g/mol. The van der Waals surface area contributed by atoms with E-state index in [2.05, 4.69) is 4.72 Å². The van der Waals surface area contributed by atoms with Crippen LogP contribution in [0.5, 0.6) is 0 Å². The maximum atomic E-state index is 12.6. The third kappa shape index (κ3) is 5.39. The van der Waals surface area contributed by atoms with E-state index in [0.29, 0.717) is 16.7 Å². The number of carbonyl (C=O) groups is 3. The highest BCUT2D eigenvalue weighted by Gasteiger charge is 2.34. The molecule has 1 heterocycles. The Kier molecular flexibility index (Phi) is 6.94. The van der Waals surface area contributed by atoms with Crippen molar-refractivity contribution in [3.8, 4) is 11.1 Å². The smallest absolute Gasteiger partial charge is 0.337 e. The second-order valence-corrected chi connectivity index (χ2v) is 9.61. The number of rotatable bonds is 10. The van der Waals surface area contributed by atoms with Crippen LogP contribution >= 0.6 is 0 Å². The van der Waals surface area contributed by atoms with Gasteiger partial charge in [-0.1, -0.05) is 48.5 Å². The van der Waals surface area contributed by atoms with Gasteiger partial charge in [0.15, 0.2) is 0 Å². The van der Waals surface area contributed by atoms with Gasteiger partial charge in [0.05, 0.1) is 47.9 Å². The Bertz CT molecular complexity index is 1350. The van der Waals surface area contributed by atoms with Crippen molar-refractivity contribution in [2.45, 2.75) is 0 Å². The molecule has 0 fully saturated rings. The van der Waals surface area contributed by atoms with Gasteiger partial charge < -0.3 is 9.84 Å². The second-order valence-electron chi connectivity index (χ2n) is 7.77. The minimum atomic E-state index is -3.94. The largest absolute Gasteiger partial charge is 0.478 e. The van der Waals surface area contributed by atoms with Gasteiger partial charge in [-0.05, 0) is 35.4 Å². The van der Waals surface area contributed by atoms with Crippen LogP contribution in [-0.2, 0) is 14.8 Å². The van der Waals surface area contributed by atoms with Gasteiger partial charge in [-0.2, -0.15) is 0 Å². The molecule has 3 aromatic carbocycles. The summed E-state index contributed by atoms with van der Waals surface area (Å²) in [4.78, 5) is 37.3. The minimum absolute atomic E-state index is 0.0118. The molecule has 4 rings (SSSR count). The van der Waals surface area contributed by atoms with E-state index in [1.54, 1.807) is 30.3 Å². The van der Waals surface area contributed by atoms with Gasteiger partial charge in [0.2, 0.25) is 10.0 Å². The van der Waals surface area contributed by atoms with Crippen molar-refractivity contribution in [3.63, 3.8) is 0 Å². The Labute approximate surface area is 202 Å². The molecule has 1 aliphatic heterocycles. The van der Waals surface area contributed by atoms with E-state index >= 15 is 0 Å². The van der Waals surface area contributed by atoms with Crippen LogP contribution in [0.2, 0.25) is 0 Å². The predicted molar refractivity (Wildman–Crippen MR) is 129 cm³/mol. The first-order valence-corrected chi connectivity index (χ1v) is 12.4. The fourth-order valence-corrected chi connectivity index (χ4v) is 4.66. The second kappa shape index (κ2) is 10.1. The SMILES string of the molecule is O=C(O)c1ccc(-c2ccccc2)cc1NS(=O)(=O)CCOCCN1C(=O)c2ccccc2C1=O. The number of sulfonamides is 1. The summed E-state index contributed by atoms with van der Waals surface area (Å²) in [5, 5.41) is 9.46. The molecule has 0 saturated carbocycles. The topological polar surface area (TPSA) is 130 Å². The number of anilines is 1. The molecule has 0 aliphatic carbocycles. The maximum absolute atomic E-state index is 12.6. The van der Waals surface area contributed by atoms with E-state index in [-0.39, 0.29) is 31.0 Å². The quantitative estimate of drug-likeness (QED) is 0.327. The van der Waals surface area contributed by atoms with Crippen LogP contribution in [0, 0.1) is 0 Å². The lowest BCUT2D eigenvalue weighted by molar-refractivity contribution is 0.0574. The number of carboxylic acids is 1. The number of hydrogen-bond donors (Lipinski definition) is 2. The molecule has 9 nitrogen and oxygen atoms in total. The van der Waals surface area contributed by atoms with Crippen molar-refractivity contribution < 1.29 is 32.6 Å². The van der Waals surface area contributed by atoms with E-state index in [0.717, 1.165) is 10.5 Å². The summed E-state index contributed by atoms with van der Waals surface area (Å²) >= 11 is 0. The summed E-state index contributed by atoms with van der Waals surface area (Å²) in [6, 6.07) is 20.1. The van der Waals surface area contributed by atoms with Gasteiger partial charge >= 0.3 is 5.97 Å². The van der Waals surface area contributed by atoms with Gasteiger partial charge in [-0.15, -0.1) is 0 Å². The molecule has 0 bridgehead atoms. The highest BCUT2D eigenvalue weighted by molar-refractivity contribution is 7.92. The number of amides is 2. The average molecular weight is 495 g/mol. The van der Waals surface area contributed by atoms with Crippen LogP contribution in [0.1, 0.15) is 31.1 Å². The van der Waals surface area contributed by atoms with Crippen LogP contribution in [0.3, 0.4) is 0 Å². The zero-order valence-electron chi connectivity index (χ0n) is 18.5. The summed E-state index contributed by atoms with van der Waals surface area (Å²) in [5.41, 5.74) is 1.89.